The molecule has 198 valence electrons. The fourth-order valence-corrected chi connectivity index (χ4v) is 4.60. The molecule has 6 heteroatoms. The van der Waals surface area contributed by atoms with Gasteiger partial charge in [0.05, 0.1) is 18.2 Å². The zero-order chi connectivity index (χ0) is 27.6. The van der Waals surface area contributed by atoms with E-state index in [1.165, 1.54) is 4.90 Å². The summed E-state index contributed by atoms with van der Waals surface area (Å²) in [5.41, 5.74) is 3.80. The highest BCUT2D eigenvalue weighted by molar-refractivity contribution is 6.46. The van der Waals surface area contributed by atoms with Crippen LogP contribution in [-0.4, -0.2) is 33.3 Å². The molecule has 1 aromatic heterocycles. The number of aryl methyl sites for hydroxylation is 1. The van der Waals surface area contributed by atoms with Crippen LogP contribution in [0.15, 0.2) is 72.6 Å². The number of likely N-dealkylation sites (tertiary alicyclic amines) is 1. The van der Waals surface area contributed by atoms with E-state index in [0.29, 0.717) is 29.4 Å². The minimum Gasteiger partial charge on any atom is -0.507 e. The average molecular weight is 513 g/mol. The molecule has 6 nitrogen and oxygen atoms in total. The molecule has 38 heavy (non-hydrogen) atoms. The van der Waals surface area contributed by atoms with E-state index in [-0.39, 0.29) is 23.3 Å². The first-order chi connectivity index (χ1) is 18.0. The van der Waals surface area contributed by atoms with Gasteiger partial charge in [0, 0.05) is 24.5 Å². The predicted molar refractivity (Wildman–Crippen MR) is 149 cm³/mol. The molecule has 0 saturated carbocycles. The summed E-state index contributed by atoms with van der Waals surface area (Å²) in [6.07, 6.45) is 3.34. The average Bonchev–Trinajstić information content (AvgIpc) is 3.12. The first kappa shape index (κ1) is 27.1. The number of carbonyl (C=O) groups excluding carboxylic acids is 2. The molecule has 4 rings (SSSR count). The topological polar surface area (TPSA) is 79.7 Å². The number of ketones is 1. The highest BCUT2D eigenvalue weighted by Gasteiger charge is 2.46. The van der Waals surface area contributed by atoms with Gasteiger partial charge in [-0.3, -0.25) is 14.6 Å². The summed E-state index contributed by atoms with van der Waals surface area (Å²) >= 11 is 0. The molecular weight excluding hydrogens is 476 g/mol. The van der Waals surface area contributed by atoms with Crippen molar-refractivity contribution in [2.45, 2.75) is 59.5 Å². The molecule has 3 aromatic rings. The highest BCUT2D eigenvalue weighted by atomic mass is 16.5. The lowest BCUT2D eigenvalue weighted by molar-refractivity contribution is -0.140. The lowest BCUT2D eigenvalue weighted by Gasteiger charge is -2.26. The van der Waals surface area contributed by atoms with E-state index in [1.807, 2.05) is 55.5 Å². The Kier molecular flexibility index (Phi) is 7.72. The van der Waals surface area contributed by atoms with Crippen molar-refractivity contribution in [3.8, 4) is 5.75 Å². The number of rotatable bonds is 7. The highest BCUT2D eigenvalue weighted by Crippen LogP contribution is 2.42. The Hall–Kier alpha value is -3.93. The normalized spacial score (nSPS) is 17.3. The number of benzene rings is 2. The van der Waals surface area contributed by atoms with Gasteiger partial charge in [-0.15, -0.1) is 0 Å². The van der Waals surface area contributed by atoms with E-state index in [2.05, 4.69) is 39.6 Å². The van der Waals surface area contributed by atoms with Gasteiger partial charge in [0.25, 0.3) is 11.7 Å². The number of nitrogens with zero attached hydrogens (tertiary/aromatic N) is 2. The summed E-state index contributed by atoms with van der Waals surface area (Å²) < 4.78 is 5.95. The molecule has 2 aromatic carbocycles. The second-order valence-corrected chi connectivity index (χ2v) is 11.3. The Bertz CT molecular complexity index is 1370. The molecule has 1 aliphatic heterocycles. The Morgan fingerprint density at radius 2 is 1.84 bits per heavy atom. The van der Waals surface area contributed by atoms with Crippen LogP contribution in [0.1, 0.15) is 68.5 Å². The van der Waals surface area contributed by atoms with E-state index >= 15 is 0 Å². The van der Waals surface area contributed by atoms with Gasteiger partial charge in [-0.1, -0.05) is 65.0 Å². The maximum Gasteiger partial charge on any atom is 0.295 e. The maximum absolute atomic E-state index is 13.5. The van der Waals surface area contributed by atoms with Gasteiger partial charge in [0.15, 0.2) is 0 Å². The van der Waals surface area contributed by atoms with Crippen LogP contribution in [0.4, 0.5) is 0 Å². The van der Waals surface area contributed by atoms with Crippen molar-refractivity contribution in [1.82, 2.24) is 9.88 Å². The second-order valence-electron chi connectivity index (χ2n) is 11.3. The first-order valence-electron chi connectivity index (χ1n) is 13.0. The molecule has 0 spiro atoms. The molecule has 1 unspecified atom stereocenters. The smallest absolute Gasteiger partial charge is 0.295 e. The number of aliphatic hydroxyl groups excluding tert-OH is 1. The van der Waals surface area contributed by atoms with Crippen LogP contribution in [0, 0.1) is 12.8 Å². The number of Topliss-reactive ketones (excluding diaryl/α,β-unsaturated/α-hetero) is 1. The van der Waals surface area contributed by atoms with Gasteiger partial charge < -0.3 is 14.7 Å². The van der Waals surface area contributed by atoms with Crippen LogP contribution in [0.5, 0.6) is 5.75 Å². The number of carbonyl (C=O) groups is 2. The van der Waals surface area contributed by atoms with E-state index in [1.54, 1.807) is 18.5 Å². The van der Waals surface area contributed by atoms with Crippen LogP contribution in [0.2, 0.25) is 0 Å². The summed E-state index contributed by atoms with van der Waals surface area (Å²) in [5, 5.41) is 11.7. The standard InChI is InChI=1S/C32H36N2O4/c1-20(2)19-38-25-11-7-10-23(15-25)28-27(29(35)26-16-24(32(4,5)6)13-12-21(26)3)30(36)31(37)34(28)18-22-9-8-14-33-17-22/h7-17,20,28,35H,18-19H2,1-6H3/b29-27+. The van der Waals surface area contributed by atoms with E-state index in [4.69, 9.17) is 4.74 Å². The van der Waals surface area contributed by atoms with E-state index in [9.17, 15) is 14.7 Å². The summed E-state index contributed by atoms with van der Waals surface area (Å²) in [5.74, 6) is -0.537. The summed E-state index contributed by atoms with van der Waals surface area (Å²) in [6.45, 7) is 13.0. The van der Waals surface area contributed by atoms with Crippen LogP contribution in [0.25, 0.3) is 5.76 Å². The zero-order valence-corrected chi connectivity index (χ0v) is 23.0. The molecule has 0 radical (unpaired) electrons. The molecule has 1 N–H and O–H groups in total. The molecule has 2 heterocycles. The van der Waals surface area contributed by atoms with E-state index < -0.39 is 17.7 Å². The van der Waals surface area contributed by atoms with Crippen molar-refractivity contribution in [3.05, 3.63) is 100 Å². The third kappa shape index (κ3) is 5.64. The maximum atomic E-state index is 13.5. The van der Waals surface area contributed by atoms with Crippen LogP contribution < -0.4 is 4.74 Å². The number of aromatic nitrogens is 1. The van der Waals surface area contributed by atoms with Gasteiger partial charge in [-0.05, 0) is 64.8 Å². The van der Waals surface area contributed by atoms with Crippen molar-refractivity contribution in [2.24, 2.45) is 5.92 Å². The monoisotopic (exact) mass is 512 g/mol. The van der Waals surface area contributed by atoms with Gasteiger partial charge in [0.2, 0.25) is 0 Å². The molecule has 0 bridgehead atoms. The van der Waals surface area contributed by atoms with Crippen molar-refractivity contribution in [2.75, 3.05) is 6.61 Å². The Balaban J connectivity index is 1.88. The Morgan fingerprint density at radius 1 is 1.08 bits per heavy atom. The van der Waals surface area contributed by atoms with Crippen molar-refractivity contribution in [3.63, 3.8) is 0 Å². The van der Waals surface area contributed by atoms with Gasteiger partial charge in [-0.2, -0.15) is 0 Å². The molecule has 0 aliphatic carbocycles. The Labute approximate surface area is 225 Å². The zero-order valence-electron chi connectivity index (χ0n) is 23.0. The molecule has 1 fully saturated rings. The van der Waals surface area contributed by atoms with Crippen molar-refractivity contribution >= 4 is 17.4 Å². The number of aliphatic hydroxyl groups is 1. The molecule has 1 atom stereocenters. The van der Waals surface area contributed by atoms with Crippen molar-refractivity contribution in [1.29, 1.82) is 0 Å². The third-order valence-electron chi connectivity index (χ3n) is 6.73. The number of hydrogen-bond acceptors (Lipinski definition) is 5. The fraction of sp³-hybridized carbons (Fsp3) is 0.344. The summed E-state index contributed by atoms with van der Waals surface area (Å²) in [6, 6.07) is 16.2. The fourth-order valence-electron chi connectivity index (χ4n) is 4.60. The number of ether oxygens (including phenoxy) is 1. The molecule has 1 saturated heterocycles. The van der Waals surface area contributed by atoms with Crippen LogP contribution in [-0.2, 0) is 21.5 Å². The van der Waals surface area contributed by atoms with E-state index in [0.717, 1.165) is 16.7 Å². The SMILES string of the molecule is Cc1ccc(C(C)(C)C)cc1/C(O)=C1\C(=O)C(=O)N(Cc2cccnc2)C1c1cccc(OCC(C)C)c1. The first-order valence-corrected chi connectivity index (χ1v) is 13.0. The number of amides is 1. The van der Waals surface area contributed by atoms with Crippen LogP contribution in [0.3, 0.4) is 0 Å². The van der Waals surface area contributed by atoms with Gasteiger partial charge in [-0.25, -0.2) is 0 Å². The second kappa shape index (κ2) is 10.8. The minimum atomic E-state index is -0.782. The van der Waals surface area contributed by atoms with Gasteiger partial charge in [0.1, 0.15) is 11.5 Å². The minimum absolute atomic E-state index is 0.0778. The van der Waals surface area contributed by atoms with Crippen LogP contribution >= 0.6 is 0 Å². The predicted octanol–water partition coefficient (Wildman–Crippen LogP) is 6.34. The Morgan fingerprint density at radius 3 is 2.50 bits per heavy atom. The molecule has 1 amide bonds. The van der Waals surface area contributed by atoms with Crippen molar-refractivity contribution < 1.29 is 19.4 Å². The third-order valence-corrected chi connectivity index (χ3v) is 6.73. The molecule has 1 aliphatic rings. The van der Waals surface area contributed by atoms with Gasteiger partial charge >= 0.3 is 0 Å². The lowest BCUT2D eigenvalue weighted by atomic mass is 9.84. The largest absolute Gasteiger partial charge is 0.507 e. The number of hydrogen-bond donors (Lipinski definition) is 1. The molecular formula is C32H36N2O4. The number of pyridine rings is 1. The summed E-state index contributed by atoms with van der Waals surface area (Å²) in [7, 11) is 0. The lowest BCUT2D eigenvalue weighted by Crippen LogP contribution is -2.29. The quantitative estimate of drug-likeness (QED) is 0.227. The summed E-state index contributed by atoms with van der Waals surface area (Å²) in [4.78, 5) is 32.6.